The summed E-state index contributed by atoms with van der Waals surface area (Å²) in [6.07, 6.45) is 0. The lowest BCUT2D eigenvalue weighted by atomic mass is 9.76. The van der Waals surface area contributed by atoms with Crippen LogP contribution < -0.4 is 5.73 Å². The van der Waals surface area contributed by atoms with Crippen LogP contribution in [-0.2, 0) is 15.0 Å². The second kappa shape index (κ2) is 4.32. The average molecular weight is 223 g/mol. The van der Waals surface area contributed by atoms with Crippen molar-refractivity contribution in [3.05, 3.63) is 35.9 Å². The van der Waals surface area contributed by atoms with E-state index in [0.717, 1.165) is 0 Å². The Kier molecular flexibility index (Phi) is 3.29. The van der Waals surface area contributed by atoms with Gasteiger partial charge in [0.05, 0.1) is 0 Å². The summed E-state index contributed by atoms with van der Waals surface area (Å²) >= 11 is 0. The van der Waals surface area contributed by atoms with Gasteiger partial charge in [0.25, 0.3) is 0 Å². The summed E-state index contributed by atoms with van der Waals surface area (Å²) < 4.78 is 0. The molecule has 1 aromatic carbocycles. The first-order chi connectivity index (χ1) is 7.40. The van der Waals surface area contributed by atoms with Crippen molar-refractivity contribution in [1.82, 2.24) is 0 Å². The molecule has 0 fully saturated rings. The van der Waals surface area contributed by atoms with E-state index in [1.807, 2.05) is 0 Å². The van der Waals surface area contributed by atoms with E-state index < -0.39 is 23.4 Å². The van der Waals surface area contributed by atoms with Gasteiger partial charge in [0, 0.05) is 0 Å². The number of aliphatic carboxylic acids is 2. The zero-order chi connectivity index (χ0) is 12.3. The maximum Gasteiger partial charge on any atom is 0.322 e. The van der Waals surface area contributed by atoms with E-state index in [2.05, 4.69) is 0 Å². The number of benzene rings is 1. The molecule has 1 rings (SSSR count). The second-order valence-electron chi connectivity index (χ2n) is 3.69. The molecule has 0 aliphatic carbocycles. The van der Waals surface area contributed by atoms with Crippen LogP contribution in [0.15, 0.2) is 30.3 Å². The minimum Gasteiger partial charge on any atom is -0.481 e. The van der Waals surface area contributed by atoms with E-state index in [4.69, 9.17) is 15.9 Å². The van der Waals surface area contributed by atoms with E-state index in [1.165, 1.54) is 6.92 Å². The first-order valence-electron chi connectivity index (χ1n) is 4.68. The fourth-order valence-electron chi connectivity index (χ4n) is 1.47. The summed E-state index contributed by atoms with van der Waals surface area (Å²) in [5.74, 6) is -2.60. The Bertz CT molecular complexity index is 404. The standard InChI is InChI=1S/C11H13NO4/c1-11(10(15)16,8(12)9(13)14)7-5-3-2-4-6-7/h2-6,8H,12H2,1H3,(H,13,14)(H,15,16). The molecule has 5 nitrogen and oxygen atoms in total. The van der Waals surface area contributed by atoms with Gasteiger partial charge < -0.3 is 15.9 Å². The topological polar surface area (TPSA) is 101 Å². The van der Waals surface area contributed by atoms with E-state index >= 15 is 0 Å². The molecule has 0 saturated carbocycles. The maximum atomic E-state index is 11.2. The summed E-state index contributed by atoms with van der Waals surface area (Å²) in [6.45, 7) is 1.31. The monoisotopic (exact) mass is 223 g/mol. The molecule has 86 valence electrons. The van der Waals surface area contributed by atoms with Gasteiger partial charge in [0.2, 0.25) is 0 Å². The Morgan fingerprint density at radius 2 is 1.75 bits per heavy atom. The van der Waals surface area contributed by atoms with Crippen molar-refractivity contribution in [3.8, 4) is 0 Å². The van der Waals surface area contributed by atoms with Crippen LogP contribution in [-0.4, -0.2) is 28.2 Å². The molecule has 0 saturated heterocycles. The van der Waals surface area contributed by atoms with E-state index in [9.17, 15) is 9.59 Å². The van der Waals surface area contributed by atoms with Crippen LogP contribution in [0.5, 0.6) is 0 Å². The number of hydrogen-bond donors (Lipinski definition) is 3. The predicted molar refractivity (Wildman–Crippen MR) is 57.0 cm³/mol. The molecule has 0 amide bonds. The first kappa shape index (κ1) is 12.2. The molecule has 16 heavy (non-hydrogen) atoms. The molecular weight excluding hydrogens is 210 g/mol. The lowest BCUT2D eigenvalue weighted by molar-refractivity contribution is -0.151. The third-order valence-corrected chi connectivity index (χ3v) is 2.71. The lowest BCUT2D eigenvalue weighted by Gasteiger charge is -2.28. The number of carbonyl (C=O) groups is 2. The molecule has 0 radical (unpaired) electrons. The highest BCUT2D eigenvalue weighted by molar-refractivity contribution is 5.90. The van der Waals surface area contributed by atoms with Gasteiger partial charge in [-0.2, -0.15) is 0 Å². The van der Waals surface area contributed by atoms with Crippen LogP contribution in [0.4, 0.5) is 0 Å². The molecular formula is C11H13NO4. The van der Waals surface area contributed by atoms with Crippen LogP contribution in [0.1, 0.15) is 12.5 Å². The van der Waals surface area contributed by atoms with Crippen LogP contribution in [0.2, 0.25) is 0 Å². The Morgan fingerprint density at radius 1 is 1.25 bits per heavy atom. The summed E-state index contributed by atoms with van der Waals surface area (Å²) in [4.78, 5) is 22.1. The number of hydrogen-bond acceptors (Lipinski definition) is 3. The molecule has 2 atom stereocenters. The van der Waals surface area contributed by atoms with Crippen molar-refractivity contribution < 1.29 is 19.8 Å². The van der Waals surface area contributed by atoms with Crippen LogP contribution in [0, 0.1) is 0 Å². The molecule has 0 aliphatic rings. The number of carboxylic acids is 2. The summed E-state index contributed by atoms with van der Waals surface area (Å²) in [5.41, 5.74) is 4.19. The molecule has 0 bridgehead atoms. The second-order valence-corrected chi connectivity index (χ2v) is 3.69. The Hall–Kier alpha value is -1.88. The normalized spacial score (nSPS) is 16.1. The maximum absolute atomic E-state index is 11.2. The van der Waals surface area contributed by atoms with Gasteiger partial charge in [-0.3, -0.25) is 9.59 Å². The van der Waals surface area contributed by atoms with E-state index in [-0.39, 0.29) is 0 Å². The fraction of sp³-hybridized carbons (Fsp3) is 0.273. The molecule has 0 heterocycles. The van der Waals surface area contributed by atoms with E-state index in [0.29, 0.717) is 5.56 Å². The minimum absolute atomic E-state index is 0.373. The van der Waals surface area contributed by atoms with Gasteiger partial charge in [-0.15, -0.1) is 0 Å². The van der Waals surface area contributed by atoms with Crippen molar-refractivity contribution >= 4 is 11.9 Å². The van der Waals surface area contributed by atoms with Gasteiger partial charge in [-0.1, -0.05) is 30.3 Å². The van der Waals surface area contributed by atoms with Crippen molar-refractivity contribution in [3.63, 3.8) is 0 Å². The molecule has 0 spiro atoms. The van der Waals surface area contributed by atoms with Gasteiger partial charge in [0.1, 0.15) is 11.5 Å². The predicted octanol–water partition coefficient (Wildman–Crippen LogP) is 0.441. The lowest BCUT2D eigenvalue weighted by Crippen LogP contribution is -2.53. The highest BCUT2D eigenvalue weighted by atomic mass is 16.4. The largest absolute Gasteiger partial charge is 0.481 e. The molecule has 0 aliphatic heterocycles. The number of nitrogens with two attached hydrogens (primary N) is 1. The van der Waals surface area contributed by atoms with E-state index in [1.54, 1.807) is 30.3 Å². The molecule has 2 unspecified atom stereocenters. The van der Waals surface area contributed by atoms with Crippen molar-refractivity contribution in [2.45, 2.75) is 18.4 Å². The van der Waals surface area contributed by atoms with Gasteiger partial charge in [-0.05, 0) is 12.5 Å². The highest BCUT2D eigenvalue weighted by Crippen LogP contribution is 2.27. The third kappa shape index (κ3) is 1.90. The quantitative estimate of drug-likeness (QED) is 0.687. The van der Waals surface area contributed by atoms with Crippen molar-refractivity contribution in [1.29, 1.82) is 0 Å². The first-order valence-corrected chi connectivity index (χ1v) is 4.68. The minimum atomic E-state index is -1.63. The fourth-order valence-corrected chi connectivity index (χ4v) is 1.47. The van der Waals surface area contributed by atoms with Crippen molar-refractivity contribution in [2.24, 2.45) is 5.73 Å². The Balaban J connectivity index is 3.28. The van der Waals surface area contributed by atoms with Crippen LogP contribution in [0.3, 0.4) is 0 Å². The zero-order valence-corrected chi connectivity index (χ0v) is 8.75. The summed E-state index contributed by atoms with van der Waals surface area (Å²) in [5, 5.41) is 18.0. The molecule has 5 heteroatoms. The molecule has 0 aromatic heterocycles. The Labute approximate surface area is 92.5 Å². The SMILES string of the molecule is CC(C(=O)O)(c1ccccc1)C(N)C(=O)O. The van der Waals surface area contributed by atoms with Gasteiger partial charge in [-0.25, -0.2) is 0 Å². The smallest absolute Gasteiger partial charge is 0.322 e. The van der Waals surface area contributed by atoms with Crippen LogP contribution >= 0.6 is 0 Å². The summed E-state index contributed by atoms with van der Waals surface area (Å²) in [7, 11) is 0. The van der Waals surface area contributed by atoms with Gasteiger partial charge in [0.15, 0.2) is 0 Å². The van der Waals surface area contributed by atoms with Crippen LogP contribution in [0.25, 0.3) is 0 Å². The summed E-state index contributed by atoms with van der Waals surface area (Å²) in [6, 6.07) is 6.62. The number of rotatable bonds is 4. The third-order valence-electron chi connectivity index (χ3n) is 2.71. The highest BCUT2D eigenvalue weighted by Gasteiger charge is 2.45. The van der Waals surface area contributed by atoms with Crippen molar-refractivity contribution in [2.75, 3.05) is 0 Å². The molecule has 4 N–H and O–H groups in total. The number of carboxylic acid groups (broad SMARTS) is 2. The Morgan fingerprint density at radius 3 is 2.12 bits per heavy atom. The van der Waals surface area contributed by atoms with Gasteiger partial charge >= 0.3 is 11.9 Å². The zero-order valence-electron chi connectivity index (χ0n) is 8.75. The molecule has 1 aromatic rings. The average Bonchev–Trinajstić information content (AvgIpc) is 2.27.